The third-order valence-corrected chi connectivity index (χ3v) is 3.51. The summed E-state index contributed by atoms with van der Waals surface area (Å²) < 4.78 is 5.72. The van der Waals surface area contributed by atoms with E-state index in [0.29, 0.717) is 24.8 Å². The van der Waals surface area contributed by atoms with Gasteiger partial charge in [0, 0.05) is 17.9 Å². The van der Waals surface area contributed by atoms with Crippen molar-refractivity contribution in [1.29, 1.82) is 5.26 Å². The van der Waals surface area contributed by atoms with Crippen molar-refractivity contribution in [1.82, 2.24) is 0 Å². The van der Waals surface area contributed by atoms with Gasteiger partial charge in [-0.05, 0) is 26.2 Å². The highest BCUT2D eigenvalue weighted by molar-refractivity contribution is 5.96. The fraction of sp³-hybridized carbons (Fsp3) is 0.500. The maximum Gasteiger partial charge on any atom is 0.212 e. The van der Waals surface area contributed by atoms with E-state index in [4.69, 9.17) is 10.00 Å². The SMILES string of the molecule is C=CC[C@H]1C=CC=C(C2=NC(C)(C)CO2)[C@@H]1CC#N. The van der Waals surface area contributed by atoms with Gasteiger partial charge in [-0.1, -0.05) is 24.3 Å². The molecule has 0 bridgehead atoms. The average molecular weight is 256 g/mol. The molecule has 0 spiro atoms. The minimum absolute atomic E-state index is 0.153. The van der Waals surface area contributed by atoms with Crippen LogP contribution in [-0.4, -0.2) is 18.0 Å². The molecule has 0 amide bonds. The van der Waals surface area contributed by atoms with Crippen molar-refractivity contribution < 1.29 is 4.74 Å². The molecular weight excluding hydrogens is 236 g/mol. The summed E-state index contributed by atoms with van der Waals surface area (Å²) in [6, 6.07) is 2.28. The quantitative estimate of drug-likeness (QED) is 0.723. The molecule has 3 nitrogen and oxygen atoms in total. The molecule has 0 unspecified atom stereocenters. The molecule has 0 N–H and O–H groups in total. The van der Waals surface area contributed by atoms with E-state index < -0.39 is 0 Å². The van der Waals surface area contributed by atoms with Crippen LogP contribution in [0.25, 0.3) is 0 Å². The van der Waals surface area contributed by atoms with Gasteiger partial charge in [-0.25, -0.2) is 4.99 Å². The van der Waals surface area contributed by atoms with Crippen LogP contribution >= 0.6 is 0 Å². The van der Waals surface area contributed by atoms with E-state index in [1.165, 1.54) is 0 Å². The Morgan fingerprint density at radius 2 is 2.42 bits per heavy atom. The molecule has 100 valence electrons. The van der Waals surface area contributed by atoms with Crippen molar-refractivity contribution >= 4 is 5.90 Å². The predicted molar refractivity (Wildman–Crippen MR) is 76.7 cm³/mol. The first-order valence-corrected chi connectivity index (χ1v) is 6.66. The highest BCUT2D eigenvalue weighted by Gasteiger charge is 2.34. The van der Waals surface area contributed by atoms with Gasteiger partial charge in [-0.3, -0.25) is 0 Å². The van der Waals surface area contributed by atoms with E-state index in [-0.39, 0.29) is 11.5 Å². The number of ether oxygens (including phenoxy) is 1. The number of rotatable bonds is 4. The molecule has 2 atom stereocenters. The molecule has 19 heavy (non-hydrogen) atoms. The highest BCUT2D eigenvalue weighted by atomic mass is 16.5. The Morgan fingerprint density at radius 3 is 3.00 bits per heavy atom. The molecule has 1 aliphatic carbocycles. The third kappa shape index (κ3) is 2.96. The second-order valence-electron chi connectivity index (χ2n) is 5.68. The van der Waals surface area contributed by atoms with Gasteiger partial charge in [0.15, 0.2) is 0 Å². The zero-order chi connectivity index (χ0) is 13.9. The molecule has 1 heterocycles. The summed E-state index contributed by atoms with van der Waals surface area (Å²) in [7, 11) is 0. The fourth-order valence-corrected chi connectivity index (χ4v) is 2.55. The van der Waals surface area contributed by atoms with Gasteiger partial charge in [0.25, 0.3) is 0 Å². The Bertz CT molecular complexity index is 491. The van der Waals surface area contributed by atoms with Crippen molar-refractivity contribution in [3.05, 3.63) is 36.5 Å². The predicted octanol–water partition coefficient (Wildman–Crippen LogP) is 3.41. The van der Waals surface area contributed by atoms with Crippen LogP contribution in [0.3, 0.4) is 0 Å². The van der Waals surface area contributed by atoms with Crippen molar-refractivity contribution in [2.45, 2.75) is 32.2 Å². The number of aliphatic imine (C=N–C) groups is 1. The van der Waals surface area contributed by atoms with Gasteiger partial charge in [0.2, 0.25) is 5.90 Å². The molecule has 0 saturated carbocycles. The molecule has 2 rings (SSSR count). The van der Waals surface area contributed by atoms with E-state index in [0.717, 1.165) is 12.0 Å². The second kappa shape index (κ2) is 5.44. The maximum absolute atomic E-state index is 9.06. The van der Waals surface area contributed by atoms with Gasteiger partial charge in [0.05, 0.1) is 11.6 Å². The van der Waals surface area contributed by atoms with Gasteiger partial charge in [-0.2, -0.15) is 5.26 Å². The number of hydrogen-bond acceptors (Lipinski definition) is 3. The summed E-state index contributed by atoms with van der Waals surface area (Å²) in [6.07, 6.45) is 9.47. The molecule has 0 aromatic carbocycles. The molecule has 0 fully saturated rings. The zero-order valence-corrected chi connectivity index (χ0v) is 11.6. The van der Waals surface area contributed by atoms with E-state index >= 15 is 0 Å². The van der Waals surface area contributed by atoms with Crippen LogP contribution in [0.2, 0.25) is 0 Å². The average Bonchev–Trinajstić information content (AvgIpc) is 2.72. The topological polar surface area (TPSA) is 45.4 Å². The zero-order valence-electron chi connectivity index (χ0n) is 11.6. The summed E-state index contributed by atoms with van der Waals surface area (Å²) in [6.45, 7) is 8.51. The Labute approximate surface area is 115 Å². The minimum Gasteiger partial charge on any atom is -0.475 e. The number of allylic oxidation sites excluding steroid dienone is 4. The Morgan fingerprint density at radius 1 is 1.63 bits per heavy atom. The lowest BCUT2D eigenvalue weighted by atomic mass is 9.78. The highest BCUT2D eigenvalue weighted by Crippen LogP contribution is 2.35. The normalized spacial score (nSPS) is 28.1. The molecular formula is C16H20N2O. The Hall–Kier alpha value is -1.82. The van der Waals surface area contributed by atoms with E-state index in [1.807, 2.05) is 18.2 Å². The molecule has 1 aliphatic heterocycles. The minimum atomic E-state index is -0.164. The third-order valence-electron chi connectivity index (χ3n) is 3.51. The molecule has 0 aromatic rings. The van der Waals surface area contributed by atoms with Crippen LogP contribution in [0.5, 0.6) is 0 Å². The first kappa shape index (κ1) is 13.6. The van der Waals surface area contributed by atoms with E-state index in [9.17, 15) is 0 Å². The lowest BCUT2D eigenvalue weighted by Gasteiger charge is -2.26. The van der Waals surface area contributed by atoms with Crippen molar-refractivity contribution in [3.8, 4) is 6.07 Å². The van der Waals surface area contributed by atoms with Crippen molar-refractivity contribution in [2.75, 3.05) is 6.61 Å². The van der Waals surface area contributed by atoms with E-state index in [2.05, 4.69) is 37.6 Å². The molecule has 0 aromatic heterocycles. The number of nitriles is 1. The first-order valence-electron chi connectivity index (χ1n) is 6.66. The molecule has 0 saturated heterocycles. The summed E-state index contributed by atoms with van der Waals surface area (Å²) >= 11 is 0. The van der Waals surface area contributed by atoms with Gasteiger partial charge >= 0.3 is 0 Å². The van der Waals surface area contributed by atoms with Crippen LogP contribution in [0.4, 0.5) is 0 Å². The van der Waals surface area contributed by atoms with Crippen molar-refractivity contribution in [2.24, 2.45) is 16.8 Å². The lowest BCUT2D eigenvalue weighted by molar-refractivity contribution is 0.275. The molecule has 0 radical (unpaired) electrons. The van der Waals surface area contributed by atoms with E-state index in [1.54, 1.807) is 0 Å². The summed E-state index contributed by atoms with van der Waals surface area (Å²) in [5.41, 5.74) is 0.893. The number of nitrogens with zero attached hydrogens (tertiary/aromatic N) is 2. The fourth-order valence-electron chi connectivity index (χ4n) is 2.55. The largest absolute Gasteiger partial charge is 0.475 e. The lowest BCUT2D eigenvalue weighted by Crippen LogP contribution is -2.22. The molecule has 2 aliphatic rings. The smallest absolute Gasteiger partial charge is 0.212 e. The summed E-state index contributed by atoms with van der Waals surface area (Å²) in [5.74, 6) is 1.18. The van der Waals surface area contributed by atoms with Crippen LogP contribution in [0.15, 0.2) is 41.4 Å². The maximum atomic E-state index is 9.06. The molecule has 3 heteroatoms. The first-order chi connectivity index (χ1) is 9.07. The standard InChI is InChI=1S/C16H20N2O/c1-4-6-12-7-5-8-14(13(12)9-10-17)15-18-16(2,3)11-19-15/h4-5,7-8,12-13H,1,6,9,11H2,2-3H3/t12-,13+/m0/s1. The Balaban J connectivity index is 2.27. The Kier molecular flexibility index (Phi) is 3.90. The van der Waals surface area contributed by atoms with Crippen molar-refractivity contribution in [3.63, 3.8) is 0 Å². The van der Waals surface area contributed by atoms with Gasteiger partial charge in [-0.15, -0.1) is 6.58 Å². The summed E-state index contributed by atoms with van der Waals surface area (Å²) in [4.78, 5) is 4.63. The van der Waals surface area contributed by atoms with Gasteiger partial charge in [0.1, 0.15) is 6.61 Å². The van der Waals surface area contributed by atoms with Crippen LogP contribution in [-0.2, 0) is 4.74 Å². The monoisotopic (exact) mass is 256 g/mol. The van der Waals surface area contributed by atoms with Gasteiger partial charge < -0.3 is 4.74 Å². The van der Waals surface area contributed by atoms with Crippen LogP contribution in [0, 0.1) is 23.2 Å². The second-order valence-corrected chi connectivity index (χ2v) is 5.68. The van der Waals surface area contributed by atoms with Crippen LogP contribution in [0.1, 0.15) is 26.7 Å². The van der Waals surface area contributed by atoms with Crippen LogP contribution < -0.4 is 0 Å². The summed E-state index contributed by atoms with van der Waals surface area (Å²) in [5, 5.41) is 9.06. The number of hydrogen-bond donors (Lipinski definition) is 0.